The summed E-state index contributed by atoms with van der Waals surface area (Å²) in [6.07, 6.45) is 4.75. The lowest BCUT2D eigenvalue weighted by Gasteiger charge is -2.19. The zero-order valence-corrected chi connectivity index (χ0v) is 12.5. The number of carbonyl (C=O) groups excluding carboxylic acids is 1. The molecule has 0 aliphatic heterocycles. The van der Waals surface area contributed by atoms with E-state index in [-0.39, 0.29) is 5.97 Å². The Morgan fingerprint density at radius 2 is 2.22 bits per heavy atom. The fraction of sp³-hybridized carbons (Fsp3) is 0.667. The van der Waals surface area contributed by atoms with Gasteiger partial charge in [-0.2, -0.15) is 0 Å². The van der Waals surface area contributed by atoms with Gasteiger partial charge in [-0.3, -0.25) is 0 Å². The van der Waals surface area contributed by atoms with E-state index >= 15 is 0 Å². The molecule has 2 rings (SSSR count). The Labute approximate surface area is 113 Å². The van der Waals surface area contributed by atoms with Crippen molar-refractivity contribution in [3.63, 3.8) is 0 Å². The fourth-order valence-electron chi connectivity index (χ4n) is 2.38. The Bertz CT molecular complexity index is 440. The van der Waals surface area contributed by atoms with Crippen LogP contribution in [0.25, 0.3) is 0 Å². The summed E-state index contributed by atoms with van der Waals surface area (Å²) in [5.41, 5.74) is 0.965. The summed E-state index contributed by atoms with van der Waals surface area (Å²) in [7, 11) is 0. The first kappa shape index (κ1) is 13.6. The van der Waals surface area contributed by atoms with Gasteiger partial charge in [-0.05, 0) is 57.6 Å². The molecule has 1 aromatic rings. The van der Waals surface area contributed by atoms with Crippen molar-refractivity contribution in [1.29, 1.82) is 0 Å². The molecular weight excluding hydrogens is 244 g/mol. The summed E-state index contributed by atoms with van der Waals surface area (Å²) < 4.78 is 5.43. The molecule has 0 fully saturated rings. The lowest BCUT2D eigenvalue weighted by atomic mass is 9.87. The van der Waals surface area contributed by atoms with Gasteiger partial charge < -0.3 is 4.74 Å². The maximum absolute atomic E-state index is 12.0. The first-order chi connectivity index (χ1) is 8.39. The number of fused-ring (bicyclic) bond motifs is 1. The van der Waals surface area contributed by atoms with Gasteiger partial charge in [0.2, 0.25) is 0 Å². The minimum absolute atomic E-state index is 0.171. The standard InChI is InChI=1S/C15H22O2S/c1-5-10-6-7-12-11(8-10)9-13(18-12)14(16)17-15(2,3)4/h9-10H,5-8H2,1-4H3. The molecule has 1 atom stereocenters. The summed E-state index contributed by atoms with van der Waals surface area (Å²) >= 11 is 1.62. The van der Waals surface area contributed by atoms with Crippen LogP contribution >= 0.6 is 11.3 Å². The number of thiophene rings is 1. The summed E-state index contributed by atoms with van der Waals surface area (Å²) in [5, 5.41) is 0. The molecule has 0 spiro atoms. The van der Waals surface area contributed by atoms with Gasteiger partial charge in [0, 0.05) is 4.88 Å². The lowest BCUT2D eigenvalue weighted by Crippen LogP contribution is -2.23. The van der Waals surface area contributed by atoms with Crippen LogP contribution in [0.15, 0.2) is 6.07 Å². The van der Waals surface area contributed by atoms with Crippen molar-refractivity contribution in [2.45, 2.75) is 59.0 Å². The summed E-state index contributed by atoms with van der Waals surface area (Å²) in [5.74, 6) is 0.619. The van der Waals surface area contributed by atoms with Gasteiger partial charge in [-0.15, -0.1) is 11.3 Å². The molecule has 0 bridgehead atoms. The molecule has 100 valence electrons. The number of hydrogen-bond acceptors (Lipinski definition) is 3. The number of aryl methyl sites for hydroxylation is 1. The van der Waals surface area contributed by atoms with Crippen LogP contribution in [0.5, 0.6) is 0 Å². The van der Waals surface area contributed by atoms with Gasteiger partial charge in [0.1, 0.15) is 10.5 Å². The van der Waals surface area contributed by atoms with Gasteiger partial charge in [-0.25, -0.2) is 4.79 Å². The van der Waals surface area contributed by atoms with Crippen LogP contribution in [-0.4, -0.2) is 11.6 Å². The van der Waals surface area contributed by atoms with Crippen molar-refractivity contribution < 1.29 is 9.53 Å². The minimum atomic E-state index is -0.409. The third-order valence-electron chi connectivity index (χ3n) is 3.36. The van der Waals surface area contributed by atoms with Gasteiger partial charge in [0.05, 0.1) is 0 Å². The Balaban J connectivity index is 2.13. The Morgan fingerprint density at radius 1 is 1.50 bits per heavy atom. The fourth-order valence-corrected chi connectivity index (χ4v) is 3.46. The van der Waals surface area contributed by atoms with Crippen LogP contribution in [0.4, 0.5) is 0 Å². The molecule has 3 heteroatoms. The monoisotopic (exact) mass is 266 g/mol. The summed E-state index contributed by atoms with van der Waals surface area (Å²) in [6, 6.07) is 2.05. The molecule has 0 saturated carbocycles. The van der Waals surface area contributed by atoms with Crippen LogP contribution in [0, 0.1) is 5.92 Å². The predicted octanol–water partition coefficient (Wildman–Crippen LogP) is 4.22. The summed E-state index contributed by atoms with van der Waals surface area (Å²) in [4.78, 5) is 14.2. The van der Waals surface area contributed by atoms with E-state index in [0.29, 0.717) is 0 Å². The molecule has 0 radical (unpaired) electrons. The first-order valence-corrected chi connectivity index (χ1v) is 7.55. The largest absolute Gasteiger partial charge is 0.456 e. The van der Waals surface area contributed by atoms with Crippen LogP contribution in [-0.2, 0) is 17.6 Å². The van der Waals surface area contributed by atoms with Gasteiger partial charge in [0.25, 0.3) is 0 Å². The maximum atomic E-state index is 12.0. The zero-order chi connectivity index (χ0) is 13.3. The minimum Gasteiger partial charge on any atom is -0.456 e. The predicted molar refractivity (Wildman–Crippen MR) is 75.3 cm³/mol. The molecule has 1 aliphatic rings. The van der Waals surface area contributed by atoms with Crippen molar-refractivity contribution in [3.05, 3.63) is 21.4 Å². The third-order valence-corrected chi connectivity index (χ3v) is 4.58. The number of rotatable bonds is 2. The molecule has 1 aliphatic carbocycles. The highest BCUT2D eigenvalue weighted by atomic mass is 32.1. The Morgan fingerprint density at radius 3 is 2.83 bits per heavy atom. The molecule has 1 heterocycles. The van der Waals surface area contributed by atoms with Gasteiger partial charge in [0.15, 0.2) is 0 Å². The lowest BCUT2D eigenvalue weighted by molar-refractivity contribution is 0.00751. The number of ether oxygens (including phenoxy) is 1. The van der Waals surface area contributed by atoms with Crippen LogP contribution in [0.2, 0.25) is 0 Å². The van der Waals surface area contributed by atoms with Crippen LogP contribution in [0.1, 0.15) is 60.6 Å². The first-order valence-electron chi connectivity index (χ1n) is 6.74. The van der Waals surface area contributed by atoms with Crippen LogP contribution in [0.3, 0.4) is 0 Å². The molecule has 0 N–H and O–H groups in total. The highest BCUT2D eigenvalue weighted by Crippen LogP contribution is 2.34. The van der Waals surface area contributed by atoms with E-state index in [1.54, 1.807) is 11.3 Å². The van der Waals surface area contributed by atoms with E-state index in [4.69, 9.17) is 4.74 Å². The second kappa shape index (κ2) is 5.04. The van der Waals surface area contributed by atoms with E-state index in [9.17, 15) is 4.79 Å². The van der Waals surface area contributed by atoms with Crippen molar-refractivity contribution in [2.75, 3.05) is 0 Å². The molecule has 1 unspecified atom stereocenters. The summed E-state index contributed by atoms with van der Waals surface area (Å²) in [6.45, 7) is 7.97. The van der Waals surface area contributed by atoms with Crippen molar-refractivity contribution in [2.24, 2.45) is 5.92 Å². The molecule has 1 aromatic heterocycles. The second-order valence-corrected chi connectivity index (χ2v) is 7.21. The number of carbonyl (C=O) groups is 1. The molecule has 2 nitrogen and oxygen atoms in total. The highest BCUT2D eigenvalue weighted by Gasteiger charge is 2.24. The van der Waals surface area contributed by atoms with E-state index in [1.165, 1.54) is 23.3 Å². The van der Waals surface area contributed by atoms with Gasteiger partial charge >= 0.3 is 5.97 Å². The third kappa shape index (κ3) is 3.14. The average molecular weight is 266 g/mol. The second-order valence-electron chi connectivity index (χ2n) is 6.08. The molecule has 18 heavy (non-hydrogen) atoms. The zero-order valence-electron chi connectivity index (χ0n) is 11.7. The molecule has 0 amide bonds. The van der Waals surface area contributed by atoms with Crippen molar-refractivity contribution in [1.82, 2.24) is 0 Å². The molecule has 0 saturated heterocycles. The molecule has 0 aromatic carbocycles. The van der Waals surface area contributed by atoms with E-state index in [2.05, 4.69) is 13.0 Å². The Kier molecular flexibility index (Phi) is 3.81. The SMILES string of the molecule is CCC1CCc2sc(C(=O)OC(C)(C)C)cc2C1. The van der Waals surface area contributed by atoms with Gasteiger partial charge in [-0.1, -0.05) is 13.3 Å². The smallest absolute Gasteiger partial charge is 0.348 e. The highest BCUT2D eigenvalue weighted by molar-refractivity contribution is 7.14. The van der Waals surface area contributed by atoms with Crippen molar-refractivity contribution >= 4 is 17.3 Å². The van der Waals surface area contributed by atoms with Crippen molar-refractivity contribution in [3.8, 4) is 0 Å². The van der Waals surface area contributed by atoms with E-state index in [1.807, 2.05) is 20.8 Å². The van der Waals surface area contributed by atoms with E-state index in [0.717, 1.165) is 23.6 Å². The topological polar surface area (TPSA) is 26.3 Å². The number of esters is 1. The molecular formula is C15H22O2S. The quantitative estimate of drug-likeness (QED) is 0.749. The number of hydrogen-bond donors (Lipinski definition) is 0. The maximum Gasteiger partial charge on any atom is 0.348 e. The normalized spacial score (nSPS) is 19.4. The Hall–Kier alpha value is -0.830. The average Bonchev–Trinajstić information content (AvgIpc) is 2.69. The van der Waals surface area contributed by atoms with E-state index < -0.39 is 5.60 Å². The van der Waals surface area contributed by atoms with Crippen LogP contribution < -0.4 is 0 Å².